The van der Waals surface area contributed by atoms with E-state index in [-0.39, 0.29) is 13.2 Å². The molecule has 0 radical (unpaired) electrons. The Kier molecular flexibility index (Phi) is 8.02. The van der Waals surface area contributed by atoms with Crippen molar-refractivity contribution in [2.24, 2.45) is 5.16 Å². The summed E-state index contributed by atoms with van der Waals surface area (Å²) in [5.74, 6) is 0.847. The van der Waals surface area contributed by atoms with E-state index in [0.29, 0.717) is 37.7 Å². The largest absolute Gasteiger partial charge is 0.493 e. The van der Waals surface area contributed by atoms with E-state index in [2.05, 4.69) is 11.2 Å². The zero-order valence-electron chi connectivity index (χ0n) is 16.4. The third-order valence-electron chi connectivity index (χ3n) is 4.25. The Morgan fingerprint density at radius 3 is 2.52 bits per heavy atom. The predicted molar refractivity (Wildman–Crippen MR) is 122 cm³/mol. The maximum absolute atomic E-state index is 9.11. The molecule has 3 rings (SSSR count). The van der Waals surface area contributed by atoms with Gasteiger partial charge in [0, 0.05) is 11.1 Å². The molecule has 0 fully saturated rings. The maximum atomic E-state index is 9.11. The van der Waals surface area contributed by atoms with Gasteiger partial charge >= 0.3 is 0 Å². The minimum atomic E-state index is 0.177. The maximum Gasteiger partial charge on any atom is 0.180 e. The smallest absolute Gasteiger partial charge is 0.180 e. The first-order valence-electron chi connectivity index (χ1n) is 9.09. The summed E-state index contributed by atoms with van der Waals surface area (Å²) in [5.41, 5.74) is 2.80. The van der Waals surface area contributed by atoms with Gasteiger partial charge in [0.1, 0.15) is 13.2 Å². The average molecular weight is 476 g/mol. The molecule has 0 N–H and O–H groups in total. The van der Waals surface area contributed by atoms with E-state index in [9.17, 15) is 0 Å². The van der Waals surface area contributed by atoms with Crippen molar-refractivity contribution in [3.05, 3.63) is 91.9 Å². The number of benzene rings is 3. The van der Waals surface area contributed by atoms with Gasteiger partial charge in [-0.2, -0.15) is 5.26 Å². The first-order valence-corrected chi connectivity index (χ1v) is 10.2. The molecule has 3 aromatic carbocycles. The summed E-state index contributed by atoms with van der Waals surface area (Å²) >= 11 is 18.4. The molecule has 3 aromatic rings. The van der Waals surface area contributed by atoms with Gasteiger partial charge in [-0.3, -0.25) is 0 Å². The number of methoxy groups -OCH3 is 1. The Morgan fingerprint density at radius 2 is 1.77 bits per heavy atom. The molecule has 0 spiro atoms. The van der Waals surface area contributed by atoms with Crippen LogP contribution in [0.3, 0.4) is 0 Å². The molecule has 0 aliphatic carbocycles. The third-order valence-corrected chi connectivity index (χ3v) is 5.27. The minimum Gasteiger partial charge on any atom is -0.493 e. The number of ether oxygens (including phenoxy) is 2. The Hall–Kier alpha value is -2.91. The Balaban J connectivity index is 1.67. The van der Waals surface area contributed by atoms with Crippen molar-refractivity contribution in [3.63, 3.8) is 0 Å². The van der Waals surface area contributed by atoms with Crippen LogP contribution in [0, 0.1) is 11.3 Å². The first-order chi connectivity index (χ1) is 15.0. The summed E-state index contributed by atoms with van der Waals surface area (Å²) in [6.07, 6.45) is 1.51. The highest BCUT2D eigenvalue weighted by atomic mass is 35.5. The van der Waals surface area contributed by atoms with Gasteiger partial charge in [-0.05, 0) is 35.9 Å². The molecular formula is C23H17Cl3N2O3. The average Bonchev–Trinajstić information content (AvgIpc) is 2.78. The van der Waals surface area contributed by atoms with E-state index in [4.69, 9.17) is 54.4 Å². The van der Waals surface area contributed by atoms with E-state index < -0.39 is 0 Å². The predicted octanol–water partition coefficient (Wildman–Crippen LogP) is 6.66. The second-order valence-electron chi connectivity index (χ2n) is 6.35. The second-order valence-corrected chi connectivity index (χ2v) is 7.57. The fourth-order valence-electron chi connectivity index (χ4n) is 2.70. The zero-order chi connectivity index (χ0) is 22.2. The molecule has 31 heavy (non-hydrogen) atoms. The highest BCUT2D eigenvalue weighted by molar-refractivity contribution is 6.42. The summed E-state index contributed by atoms with van der Waals surface area (Å²) in [6, 6.07) is 18.0. The Labute approximate surface area is 195 Å². The fraction of sp³-hybridized carbons (Fsp3) is 0.130. The van der Waals surface area contributed by atoms with Gasteiger partial charge in [-0.1, -0.05) is 64.2 Å². The van der Waals surface area contributed by atoms with Gasteiger partial charge in [0.05, 0.1) is 40.0 Å². The van der Waals surface area contributed by atoms with Crippen LogP contribution in [0.5, 0.6) is 11.5 Å². The zero-order valence-corrected chi connectivity index (χ0v) is 18.7. The highest BCUT2D eigenvalue weighted by Crippen LogP contribution is 2.37. The van der Waals surface area contributed by atoms with Crippen LogP contribution in [-0.4, -0.2) is 13.3 Å². The van der Waals surface area contributed by atoms with E-state index in [0.717, 1.165) is 11.1 Å². The molecule has 0 saturated carbocycles. The lowest BCUT2D eigenvalue weighted by Gasteiger charge is -2.13. The van der Waals surface area contributed by atoms with E-state index >= 15 is 0 Å². The summed E-state index contributed by atoms with van der Waals surface area (Å²) in [5, 5.41) is 14.3. The van der Waals surface area contributed by atoms with Gasteiger partial charge in [-0.25, -0.2) is 0 Å². The number of nitrogens with zero attached hydrogens (tertiary/aromatic N) is 2. The molecule has 0 aromatic heterocycles. The molecule has 8 heteroatoms. The molecule has 0 saturated heterocycles. The summed E-state index contributed by atoms with van der Waals surface area (Å²) in [6.45, 7) is 0.414. The minimum absolute atomic E-state index is 0.177. The Morgan fingerprint density at radius 1 is 0.968 bits per heavy atom. The lowest BCUT2D eigenvalue weighted by atomic mass is 10.1. The number of halogens is 3. The quantitative estimate of drug-likeness (QED) is 0.270. The van der Waals surface area contributed by atoms with Crippen LogP contribution < -0.4 is 9.47 Å². The van der Waals surface area contributed by atoms with Crippen molar-refractivity contribution in [3.8, 4) is 17.6 Å². The molecule has 0 unspecified atom stereocenters. The fourth-order valence-corrected chi connectivity index (χ4v) is 3.29. The van der Waals surface area contributed by atoms with Crippen molar-refractivity contribution < 1.29 is 14.3 Å². The van der Waals surface area contributed by atoms with E-state index in [1.54, 1.807) is 36.4 Å². The molecule has 5 nitrogen and oxygen atoms in total. The van der Waals surface area contributed by atoms with Crippen LogP contribution in [0.2, 0.25) is 15.1 Å². The molecule has 0 heterocycles. The van der Waals surface area contributed by atoms with Crippen LogP contribution in [0.1, 0.15) is 22.3 Å². The lowest BCUT2D eigenvalue weighted by molar-refractivity contribution is 0.132. The summed E-state index contributed by atoms with van der Waals surface area (Å²) in [4.78, 5) is 5.32. The summed E-state index contributed by atoms with van der Waals surface area (Å²) in [7, 11) is 1.52. The molecule has 0 atom stereocenters. The van der Waals surface area contributed by atoms with Crippen molar-refractivity contribution in [2.75, 3.05) is 7.11 Å². The highest BCUT2D eigenvalue weighted by Gasteiger charge is 2.12. The topological polar surface area (TPSA) is 63.8 Å². The van der Waals surface area contributed by atoms with Crippen LogP contribution in [0.4, 0.5) is 0 Å². The van der Waals surface area contributed by atoms with E-state index in [1.165, 1.54) is 13.3 Å². The van der Waals surface area contributed by atoms with Gasteiger partial charge < -0.3 is 14.3 Å². The van der Waals surface area contributed by atoms with Gasteiger partial charge in [0.15, 0.2) is 11.5 Å². The van der Waals surface area contributed by atoms with Crippen LogP contribution in [-0.2, 0) is 18.1 Å². The van der Waals surface area contributed by atoms with Crippen molar-refractivity contribution in [1.29, 1.82) is 5.26 Å². The van der Waals surface area contributed by atoms with Crippen molar-refractivity contribution >= 4 is 41.0 Å². The van der Waals surface area contributed by atoms with Crippen LogP contribution >= 0.6 is 34.8 Å². The second kappa shape index (κ2) is 10.9. The molecule has 0 aliphatic heterocycles. The van der Waals surface area contributed by atoms with Crippen LogP contribution in [0.15, 0.2) is 59.8 Å². The van der Waals surface area contributed by atoms with Gasteiger partial charge in [0.2, 0.25) is 0 Å². The third kappa shape index (κ3) is 6.05. The Bertz CT molecular complexity index is 1140. The number of nitriles is 1. The molecular weight excluding hydrogens is 459 g/mol. The normalized spacial score (nSPS) is 10.7. The molecule has 0 aliphatic rings. The molecule has 0 bridgehead atoms. The number of oxime groups is 1. The SMILES string of the molecule is COc1cc(/C=N\OCc2ccccc2C#N)cc(Cl)c1OCc1ccc(Cl)c(Cl)c1. The number of hydrogen-bond acceptors (Lipinski definition) is 5. The van der Waals surface area contributed by atoms with Crippen molar-refractivity contribution in [2.45, 2.75) is 13.2 Å². The van der Waals surface area contributed by atoms with Gasteiger partial charge in [0.25, 0.3) is 0 Å². The number of rotatable bonds is 8. The first kappa shape index (κ1) is 22.8. The van der Waals surface area contributed by atoms with Gasteiger partial charge in [-0.15, -0.1) is 0 Å². The van der Waals surface area contributed by atoms with E-state index in [1.807, 2.05) is 18.2 Å². The standard InChI is InChI=1S/C23H17Cl3N2O3/c1-29-22-10-16(12-28-31-14-18-5-3-2-4-17(18)11-27)9-21(26)23(22)30-13-15-6-7-19(24)20(25)8-15/h2-10,12H,13-14H2,1H3/b28-12-. The number of hydrogen-bond donors (Lipinski definition) is 0. The molecule has 158 valence electrons. The summed E-state index contributed by atoms with van der Waals surface area (Å²) < 4.78 is 11.2. The van der Waals surface area contributed by atoms with Crippen LogP contribution in [0.25, 0.3) is 0 Å². The molecule has 0 amide bonds. The lowest BCUT2D eigenvalue weighted by Crippen LogP contribution is -2.00. The van der Waals surface area contributed by atoms with Crippen molar-refractivity contribution in [1.82, 2.24) is 0 Å². The monoisotopic (exact) mass is 474 g/mol.